The highest BCUT2D eigenvalue weighted by atomic mass is 127. The zero-order valence-corrected chi connectivity index (χ0v) is 15.7. The summed E-state index contributed by atoms with van der Waals surface area (Å²) in [5.41, 5.74) is 0. The Morgan fingerprint density at radius 2 is 1.81 bits per heavy atom. The van der Waals surface area contributed by atoms with Crippen LogP contribution in [0.5, 0.6) is 5.75 Å². The number of halogens is 3. The Bertz CT molecular complexity index is 334. The lowest BCUT2D eigenvalue weighted by atomic mass is 10.2. The van der Waals surface area contributed by atoms with Crippen molar-refractivity contribution in [1.82, 2.24) is 5.32 Å². The molecule has 5 heteroatoms. The maximum Gasteiger partial charge on any atom is 0.146 e. The summed E-state index contributed by atoms with van der Waals surface area (Å²) in [6.07, 6.45) is 0. The summed E-state index contributed by atoms with van der Waals surface area (Å²) in [4.78, 5) is 0. The van der Waals surface area contributed by atoms with Crippen LogP contribution in [0.25, 0.3) is 0 Å². The first kappa shape index (κ1) is 15.2. The molecule has 16 heavy (non-hydrogen) atoms. The van der Waals surface area contributed by atoms with E-state index in [0.29, 0.717) is 5.92 Å². The molecule has 0 aliphatic rings. The molecule has 1 rings (SSSR count). The normalized spacial score (nSPS) is 12.6. The minimum absolute atomic E-state index is 0.524. The van der Waals surface area contributed by atoms with Crippen molar-refractivity contribution in [2.75, 3.05) is 20.2 Å². The summed E-state index contributed by atoms with van der Waals surface area (Å²) in [5, 5.41) is 3.16. The van der Waals surface area contributed by atoms with Crippen molar-refractivity contribution in [1.29, 1.82) is 0 Å². The Hall–Kier alpha value is 1.17. The van der Waals surface area contributed by atoms with E-state index in [1.807, 2.05) is 7.05 Å². The second kappa shape index (κ2) is 7.57. The number of benzene rings is 1. The van der Waals surface area contributed by atoms with Crippen LogP contribution in [-0.4, -0.2) is 20.2 Å². The number of nitrogens with one attached hydrogen (secondary N) is 1. The minimum Gasteiger partial charge on any atom is -0.491 e. The molecular weight excluding hydrogens is 543 g/mol. The Morgan fingerprint density at radius 1 is 1.25 bits per heavy atom. The average Bonchev–Trinajstić information content (AvgIpc) is 2.16. The van der Waals surface area contributed by atoms with Gasteiger partial charge in [0, 0.05) is 16.0 Å². The lowest BCUT2D eigenvalue weighted by molar-refractivity contribution is 0.255. The molecule has 0 spiro atoms. The molecular formula is C11H14I3NO. The molecule has 0 radical (unpaired) electrons. The molecule has 0 aliphatic carbocycles. The van der Waals surface area contributed by atoms with E-state index in [-0.39, 0.29) is 0 Å². The highest BCUT2D eigenvalue weighted by Crippen LogP contribution is 2.29. The molecule has 0 saturated carbocycles. The largest absolute Gasteiger partial charge is 0.491 e. The van der Waals surface area contributed by atoms with Gasteiger partial charge in [-0.05, 0) is 87.0 Å². The van der Waals surface area contributed by atoms with Gasteiger partial charge in [0.25, 0.3) is 0 Å². The molecule has 0 heterocycles. The number of hydrogen-bond donors (Lipinski definition) is 1. The predicted molar refractivity (Wildman–Crippen MR) is 93.2 cm³/mol. The summed E-state index contributed by atoms with van der Waals surface area (Å²) in [6, 6.07) is 4.28. The molecule has 0 aromatic heterocycles. The average molecular weight is 557 g/mol. The molecule has 1 unspecified atom stereocenters. The minimum atomic E-state index is 0.524. The SMILES string of the molecule is CNCC(C)COc1c(I)cc(I)cc1I. The van der Waals surface area contributed by atoms with Gasteiger partial charge in [0.2, 0.25) is 0 Å². The fourth-order valence-corrected chi connectivity index (χ4v) is 5.19. The summed E-state index contributed by atoms with van der Waals surface area (Å²) in [5.74, 6) is 1.54. The van der Waals surface area contributed by atoms with E-state index >= 15 is 0 Å². The molecule has 2 nitrogen and oxygen atoms in total. The van der Waals surface area contributed by atoms with Crippen LogP contribution in [0.4, 0.5) is 0 Å². The van der Waals surface area contributed by atoms with Crippen LogP contribution in [0.15, 0.2) is 12.1 Å². The van der Waals surface area contributed by atoms with E-state index in [9.17, 15) is 0 Å². The van der Waals surface area contributed by atoms with E-state index in [0.717, 1.165) is 18.9 Å². The van der Waals surface area contributed by atoms with Crippen LogP contribution in [0.3, 0.4) is 0 Å². The lowest BCUT2D eigenvalue weighted by Crippen LogP contribution is -2.22. The van der Waals surface area contributed by atoms with Gasteiger partial charge in [-0.3, -0.25) is 0 Å². The van der Waals surface area contributed by atoms with Crippen molar-refractivity contribution in [3.05, 3.63) is 22.8 Å². The molecule has 1 N–H and O–H groups in total. The molecule has 0 saturated heterocycles. The third kappa shape index (κ3) is 4.81. The summed E-state index contributed by atoms with van der Waals surface area (Å²) in [6.45, 7) is 3.92. The Labute approximate surface area is 138 Å². The van der Waals surface area contributed by atoms with Gasteiger partial charge in [0.05, 0.1) is 13.7 Å². The first-order chi connectivity index (χ1) is 7.54. The van der Waals surface area contributed by atoms with Crippen molar-refractivity contribution >= 4 is 67.8 Å². The third-order valence-corrected chi connectivity index (χ3v) is 4.25. The van der Waals surface area contributed by atoms with Crippen LogP contribution in [0, 0.1) is 16.6 Å². The molecule has 0 bridgehead atoms. The van der Waals surface area contributed by atoms with Gasteiger partial charge < -0.3 is 10.1 Å². The Morgan fingerprint density at radius 3 is 2.31 bits per heavy atom. The van der Waals surface area contributed by atoms with Gasteiger partial charge in [-0.2, -0.15) is 0 Å². The lowest BCUT2D eigenvalue weighted by Gasteiger charge is -2.15. The Balaban J connectivity index is 2.67. The van der Waals surface area contributed by atoms with Gasteiger partial charge in [-0.25, -0.2) is 0 Å². The maximum atomic E-state index is 5.88. The summed E-state index contributed by atoms with van der Waals surface area (Å²) >= 11 is 6.99. The highest BCUT2D eigenvalue weighted by molar-refractivity contribution is 14.1. The summed E-state index contributed by atoms with van der Waals surface area (Å²) < 4.78 is 9.50. The number of ether oxygens (including phenoxy) is 1. The van der Waals surface area contributed by atoms with Crippen molar-refractivity contribution in [2.45, 2.75) is 6.92 Å². The van der Waals surface area contributed by atoms with Gasteiger partial charge in [0.1, 0.15) is 5.75 Å². The fourth-order valence-electron chi connectivity index (χ4n) is 1.30. The van der Waals surface area contributed by atoms with Crippen molar-refractivity contribution in [3.8, 4) is 5.75 Å². The van der Waals surface area contributed by atoms with Crippen molar-refractivity contribution in [2.24, 2.45) is 5.92 Å². The van der Waals surface area contributed by atoms with Crippen molar-refractivity contribution < 1.29 is 4.74 Å². The molecule has 1 aromatic rings. The van der Waals surface area contributed by atoms with E-state index in [1.165, 1.54) is 10.7 Å². The first-order valence-electron chi connectivity index (χ1n) is 4.96. The molecule has 0 amide bonds. The topological polar surface area (TPSA) is 21.3 Å². The van der Waals surface area contributed by atoms with Gasteiger partial charge >= 0.3 is 0 Å². The number of hydrogen-bond acceptors (Lipinski definition) is 2. The van der Waals surface area contributed by atoms with Crippen LogP contribution in [-0.2, 0) is 0 Å². The maximum absolute atomic E-state index is 5.88. The fraction of sp³-hybridized carbons (Fsp3) is 0.455. The van der Waals surface area contributed by atoms with Gasteiger partial charge in [0.15, 0.2) is 0 Å². The molecule has 90 valence electrons. The monoisotopic (exact) mass is 557 g/mol. The zero-order chi connectivity index (χ0) is 12.1. The molecule has 1 aromatic carbocycles. The standard InChI is InChI=1S/C11H14I3NO/c1-7(5-15-2)6-16-11-9(13)3-8(12)4-10(11)14/h3-4,7,15H,5-6H2,1-2H3. The third-order valence-electron chi connectivity index (χ3n) is 2.03. The Kier molecular flexibility index (Phi) is 7.21. The predicted octanol–water partition coefficient (Wildman–Crippen LogP) is 3.73. The van der Waals surface area contributed by atoms with Crippen LogP contribution < -0.4 is 10.1 Å². The molecule has 0 fully saturated rings. The van der Waals surface area contributed by atoms with E-state index in [4.69, 9.17) is 4.74 Å². The quantitative estimate of drug-likeness (QED) is 0.558. The second-order valence-corrected chi connectivity index (χ2v) is 7.24. The van der Waals surface area contributed by atoms with Gasteiger partial charge in [-0.15, -0.1) is 0 Å². The zero-order valence-electron chi connectivity index (χ0n) is 9.19. The second-order valence-electron chi connectivity index (χ2n) is 3.67. The van der Waals surface area contributed by atoms with E-state index in [1.54, 1.807) is 0 Å². The molecule has 1 atom stereocenters. The first-order valence-corrected chi connectivity index (χ1v) is 8.20. The number of rotatable bonds is 5. The van der Waals surface area contributed by atoms with Gasteiger partial charge in [-0.1, -0.05) is 6.92 Å². The van der Waals surface area contributed by atoms with Crippen molar-refractivity contribution in [3.63, 3.8) is 0 Å². The van der Waals surface area contributed by atoms with E-state index < -0.39 is 0 Å². The highest BCUT2D eigenvalue weighted by Gasteiger charge is 2.09. The van der Waals surface area contributed by atoms with Crippen LogP contribution in [0.1, 0.15) is 6.92 Å². The smallest absolute Gasteiger partial charge is 0.146 e. The van der Waals surface area contributed by atoms with Crippen LogP contribution in [0.2, 0.25) is 0 Å². The summed E-state index contributed by atoms with van der Waals surface area (Å²) in [7, 11) is 1.97. The molecule has 0 aliphatic heterocycles. The van der Waals surface area contributed by atoms with Crippen LogP contribution >= 0.6 is 67.8 Å². The van der Waals surface area contributed by atoms with E-state index in [2.05, 4.69) is 92.1 Å².